The summed E-state index contributed by atoms with van der Waals surface area (Å²) in [5.74, 6) is -0.385. The summed E-state index contributed by atoms with van der Waals surface area (Å²) in [6.45, 7) is 0.212. The molecular formula is C18H16BrN3O3. The third-order valence-corrected chi connectivity index (χ3v) is 4.30. The van der Waals surface area contributed by atoms with Crippen LogP contribution in [0.2, 0.25) is 0 Å². The lowest BCUT2D eigenvalue weighted by Crippen LogP contribution is -2.30. The summed E-state index contributed by atoms with van der Waals surface area (Å²) in [4.78, 5) is 36.6. The smallest absolute Gasteiger partial charge is 0.324 e. The van der Waals surface area contributed by atoms with Gasteiger partial charge < -0.3 is 10.6 Å². The number of hydrogen-bond acceptors (Lipinski definition) is 3. The number of nitrogens with zero attached hydrogens (tertiary/aromatic N) is 1. The molecule has 4 amide bonds. The molecule has 3 rings (SSSR count). The Hall–Kier alpha value is -2.67. The first-order chi connectivity index (χ1) is 12.0. The first-order valence-corrected chi connectivity index (χ1v) is 8.52. The number of amides is 4. The molecule has 7 heteroatoms. The molecule has 0 saturated carbocycles. The van der Waals surface area contributed by atoms with Crippen LogP contribution in [-0.2, 0) is 22.6 Å². The molecule has 1 saturated heterocycles. The second-order valence-electron chi connectivity index (χ2n) is 5.69. The zero-order chi connectivity index (χ0) is 17.8. The molecule has 1 heterocycles. The Balaban J connectivity index is 1.63. The van der Waals surface area contributed by atoms with Crippen molar-refractivity contribution in [3.63, 3.8) is 0 Å². The van der Waals surface area contributed by atoms with Crippen LogP contribution in [0.25, 0.3) is 0 Å². The summed E-state index contributed by atoms with van der Waals surface area (Å²) in [6, 6.07) is 14.3. The Morgan fingerprint density at radius 1 is 1.12 bits per heavy atom. The van der Waals surface area contributed by atoms with Gasteiger partial charge in [-0.2, -0.15) is 0 Å². The van der Waals surface area contributed by atoms with Gasteiger partial charge in [0.05, 0.1) is 19.5 Å². The molecule has 0 unspecified atom stereocenters. The second-order valence-corrected chi connectivity index (χ2v) is 6.61. The lowest BCUT2D eigenvalue weighted by atomic mass is 10.1. The van der Waals surface area contributed by atoms with Crippen LogP contribution in [-0.4, -0.2) is 29.3 Å². The summed E-state index contributed by atoms with van der Waals surface area (Å²) in [5, 5.41) is 5.32. The highest BCUT2D eigenvalue weighted by atomic mass is 79.9. The largest absolute Gasteiger partial charge is 0.329 e. The van der Waals surface area contributed by atoms with Crippen molar-refractivity contribution < 1.29 is 14.4 Å². The van der Waals surface area contributed by atoms with Gasteiger partial charge in [-0.25, -0.2) is 4.79 Å². The minimum absolute atomic E-state index is 0.0302. The summed E-state index contributed by atoms with van der Waals surface area (Å²) in [7, 11) is 0. The number of benzene rings is 2. The molecule has 2 N–H and O–H groups in total. The van der Waals surface area contributed by atoms with E-state index in [1.165, 1.54) is 0 Å². The van der Waals surface area contributed by atoms with Gasteiger partial charge in [0.1, 0.15) is 0 Å². The highest BCUT2D eigenvalue weighted by Gasteiger charge is 2.28. The van der Waals surface area contributed by atoms with Gasteiger partial charge in [0, 0.05) is 10.2 Å². The molecule has 0 bridgehead atoms. The van der Waals surface area contributed by atoms with Crippen molar-refractivity contribution >= 4 is 39.5 Å². The summed E-state index contributed by atoms with van der Waals surface area (Å²) in [6.07, 6.45) is 0.268. The third kappa shape index (κ3) is 4.45. The Kier molecular flexibility index (Phi) is 5.14. The second kappa shape index (κ2) is 7.48. The fourth-order valence-electron chi connectivity index (χ4n) is 2.54. The molecule has 128 valence electrons. The van der Waals surface area contributed by atoms with Gasteiger partial charge in [-0.05, 0) is 35.4 Å². The van der Waals surface area contributed by atoms with Crippen LogP contribution in [0.3, 0.4) is 0 Å². The van der Waals surface area contributed by atoms with E-state index >= 15 is 0 Å². The fourth-order valence-corrected chi connectivity index (χ4v) is 2.80. The Bertz CT molecular complexity index is 805. The molecule has 0 aromatic heterocycles. The normalized spacial score (nSPS) is 13.7. The maximum Gasteiger partial charge on any atom is 0.324 e. The van der Waals surface area contributed by atoms with Crippen molar-refractivity contribution in [3.8, 4) is 0 Å². The standard InChI is InChI=1S/C18H16BrN3O3/c19-14-6-4-12(5-7-14)9-16(23)21-15-3-1-2-13(8-15)11-22-17(24)10-20-18(22)25/h1-8H,9-11H2,(H,20,25)(H,21,23). The fraction of sp³-hybridized carbons (Fsp3) is 0.167. The minimum atomic E-state index is -0.394. The number of carbonyl (C=O) groups is 3. The van der Waals surface area contributed by atoms with Crippen LogP contribution >= 0.6 is 15.9 Å². The first kappa shape index (κ1) is 17.2. The molecule has 1 aliphatic rings. The molecule has 25 heavy (non-hydrogen) atoms. The van der Waals surface area contributed by atoms with E-state index in [0.29, 0.717) is 5.69 Å². The summed E-state index contributed by atoms with van der Waals surface area (Å²) < 4.78 is 0.963. The Morgan fingerprint density at radius 3 is 2.56 bits per heavy atom. The molecule has 0 spiro atoms. The third-order valence-electron chi connectivity index (χ3n) is 3.77. The van der Waals surface area contributed by atoms with Crippen LogP contribution in [0, 0.1) is 0 Å². The van der Waals surface area contributed by atoms with Crippen molar-refractivity contribution in [1.82, 2.24) is 10.2 Å². The predicted molar refractivity (Wildman–Crippen MR) is 96.9 cm³/mol. The molecule has 1 fully saturated rings. The number of nitrogens with one attached hydrogen (secondary N) is 2. The predicted octanol–water partition coefficient (Wildman–Crippen LogP) is 2.68. The van der Waals surface area contributed by atoms with E-state index in [4.69, 9.17) is 0 Å². The van der Waals surface area contributed by atoms with Gasteiger partial charge in [-0.1, -0.05) is 40.2 Å². The maximum atomic E-state index is 12.2. The lowest BCUT2D eigenvalue weighted by molar-refractivity contribution is -0.125. The average molecular weight is 402 g/mol. The van der Waals surface area contributed by atoms with Crippen LogP contribution in [0.1, 0.15) is 11.1 Å². The zero-order valence-electron chi connectivity index (χ0n) is 13.3. The number of urea groups is 1. The highest BCUT2D eigenvalue weighted by Crippen LogP contribution is 2.15. The lowest BCUT2D eigenvalue weighted by Gasteiger charge is -2.13. The summed E-state index contributed by atoms with van der Waals surface area (Å²) in [5.41, 5.74) is 2.31. The number of hydrogen-bond donors (Lipinski definition) is 2. The van der Waals surface area contributed by atoms with Crippen molar-refractivity contribution in [1.29, 1.82) is 0 Å². The zero-order valence-corrected chi connectivity index (χ0v) is 14.9. The van der Waals surface area contributed by atoms with E-state index in [9.17, 15) is 14.4 Å². The molecular weight excluding hydrogens is 386 g/mol. The van der Waals surface area contributed by atoms with E-state index in [-0.39, 0.29) is 31.3 Å². The van der Waals surface area contributed by atoms with Crippen molar-refractivity contribution in [2.24, 2.45) is 0 Å². The monoisotopic (exact) mass is 401 g/mol. The SMILES string of the molecule is O=C(Cc1ccc(Br)cc1)Nc1cccc(CN2C(=O)CNC2=O)c1. The van der Waals surface area contributed by atoms with Crippen molar-refractivity contribution in [3.05, 3.63) is 64.1 Å². The minimum Gasteiger partial charge on any atom is -0.329 e. The van der Waals surface area contributed by atoms with Gasteiger partial charge in [0.2, 0.25) is 11.8 Å². The van der Waals surface area contributed by atoms with Gasteiger partial charge >= 0.3 is 6.03 Å². The van der Waals surface area contributed by atoms with Gasteiger partial charge in [0.25, 0.3) is 0 Å². The maximum absolute atomic E-state index is 12.2. The Labute approximate surface area is 153 Å². The van der Waals surface area contributed by atoms with E-state index in [0.717, 1.165) is 20.5 Å². The molecule has 0 atom stereocenters. The summed E-state index contributed by atoms with van der Waals surface area (Å²) >= 11 is 3.36. The van der Waals surface area contributed by atoms with E-state index in [1.807, 2.05) is 30.3 Å². The number of rotatable bonds is 5. The van der Waals surface area contributed by atoms with Crippen LogP contribution in [0.4, 0.5) is 10.5 Å². The van der Waals surface area contributed by atoms with Gasteiger partial charge in [-0.15, -0.1) is 0 Å². The van der Waals surface area contributed by atoms with Crippen LogP contribution in [0.15, 0.2) is 53.0 Å². The molecule has 2 aromatic carbocycles. The Morgan fingerprint density at radius 2 is 1.88 bits per heavy atom. The van der Waals surface area contributed by atoms with Crippen LogP contribution in [0.5, 0.6) is 0 Å². The van der Waals surface area contributed by atoms with E-state index < -0.39 is 6.03 Å². The quantitative estimate of drug-likeness (QED) is 0.755. The molecule has 0 radical (unpaired) electrons. The average Bonchev–Trinajstić information content (AvgIpc) is 2.89. The molecule has 6 nitrogen and oxygen atoms in total. The van der Waals surface area contributed by atoms with Gasteiger partial charge in [0.15, 0.2) is 0 Å². The molecule has 0 aliphatic carbocycles. The highest BCUT2D eigenvalue weighted by molar-refractivity contribution is 9.10. The number of anilines is 1. The molecule has 1 aliphatic heterocycles. The number of halogens is 1. The van der Waals surface area contributed by atoms with E-state index in [1.54, 1.807) is 18.2 Å². The first-order valence-electron chi connectivity index (χ1n) is 7.73. The van der Waals surface area contributed by atoms with Crippen molar-refractivity contribution in [2.45, 2.75) is 13.0 Å². The molecule has 2 aromatic rings. The van der Waals surface area contributed by atoms with Crippen molar-refractivity contribution in [2.75, 3.05) is 11.9 Å². The van der Waals surface area contributed by atoms with Gasteiger partial charge in [-0.3, -0.25) is 14.5 Å². The number of imide groups is 1. The topological polar surface area (TPSA) is 78.5 Å². The van der Waals surface area contributed by atoms with E-state index in [2.05, 4.69) is 26.6 Å². The van der Waals surface area contributed by atoms with Crippen LogP contribution < -0.4 is 10.6 Å². The number of carbonyl (C=O) groups excluding carboxylic acids is 3.